The summed E-state index contributed by atoms with van der Waals surface area (Å²) in [6, 6.07) is 9.84. The second-order valence-electron chi connectivity index (χ2n) is 7.37. The molecule has 1 aromatic carbocycles. The third kappa shape index (κ3) is 7.00. The van der Waals surface area contributed by atoms with Crippen LogP contribution >= 0.6 is 0 Å². The molecule has 0 spiro atoms. The smallest absolute Gasteiger partial charge is 0.248 e. The molecule has 1 amide bonds. The summed E-state index contributed by atoms with van der Waals surface area (Å²) in [5, 5.41) is 16.1. The first-order valence-electron chi connectivity index (χ1n) is 9.42. The average Bonchev–Trinajstić information content (AvgIpc) is 2.60. The molecule has 0 aliphatic heterocycles. The lowest BCUT2D eigenvalue weighted by molar-refractivity contribution is -0.127. The van der Waals surface area contributed by atoms with Crippen molar-refractivity contribution in [3.05, 3.63) is 35.9 Å². The molecule has 1 aliphatic carbocycles. The topological polar surface area (TPSA) is 61.4 Å². The van der Waals surface area contributed by atoms with Gasteiger partial charge in [-0.3, -0.25) is 4.79 Å². The first-order valence-corrected chi connectivity index (χ1v) is 9.42. The summed E-state index contributed by atoms with van der Waals surface area (Å²) in [5.41, 5.74) is 1.12. The Morgan fingerprint density at radius 3 is 2.73 bits per heavy atom. The van der Waals surface area contributed by atoms with Gasteiger partial charge in [0.25, 0.3) is 0 Å². The molecule has 0 heterocycles. The zero-order valence-corrected chi connectivity index (χ0v) is 15.4. The van der Waals surface area contributed by atoms with Crippen molar-refractivity contribution in [1.82, 2.24) is 10.6 Å². The van der Waals surface area contributed by atoms with Crippen molar-refractivity contribution in [1.29, 1.82) is 0 Å². The van der Waals surface area contributed by atoms with E-state index in [2.05, 4.69) is 10.6 Å². The van der Waals surface area contributed by atoms with Gasteiger partial charge in [-0.25, -0.2) is 8.78 Å². The maximum atomic E-state index is 13.6. The van der Waals surface area contributed by atoms with E-state index in [0.717, 1.165) is 12.0 Å². The lowest BCUT2D eigenvalue weighted by Gasteiger charge is -2.31. The number of amides is 1. The molecule has 0 saturated heterocycles. The predicted molar refractivity (Wildman–Crippen MR) is 97.9 cm³/mol. The van der Waals surface area contributed by atoms with Crippen LogP contribution in [0.15, 0.2) is 30.3 Å². The number of nitrogens with one attached hydrogen (secondary N) is 2. The zero-order chi connectivity index (χ0) is 19.0. The minimum atomic E-state index is -2.62. The Labute approximate surface area is 154 Å². The Hall–Kier alpha value is -1.53. The Kier molecular flexibility index (Phi) is 7.97. The second-order valence-corrected chi connectivity index (χ2v) is 7.37. The number of hydrogen-bond donors (Lipinski definition) is 3. The number of aliphatic hydroxyl groups is 1. The van der Waals surface area contributed by atoms with E-state index in [1.54, 1.807) is 7.05 Å². The van der Waals surface area contributed by atoms with Gasteiger partial charge in [0.15, 0.2) is 0 Å². The highest BCUT2D eigenvalue weighted by molar-refractivity contribution is 5.78. The number of aliphatic hydroxyl groups excluding tert-OH is 1. The van der Waals surface area contributed by atoms with Crippen LogP contribution in [0, 0.1) is 11.8 Å². The minimum Gasteiger partial charge on any atom is -0.392 e. The number of alkyl halides is 2. The van der Waals surface area contributed by atoms with Gasteiger partial charge in [0.1, 0.15) is 0 Å². The fraction of sp³-hybridized carbons (Fsp3) is 0.650. The number of halogens is 2. The fourth-order valence-electron chi connectivity index (χ4n) is 3.78. The molecule has 1 fully saturated rings. The maximum Gasteiger partial charge on any atom is 0.248 e. The predicted octanol–water partition coefficient (Wildman–Crippen LogP) is 3.11. The van der Waals surface area contributed by atoms with Crippen molar-refractivity contribution in [2.45, 2.75) is 57.1 Å². The van der Waals surface area contributed by atoms with Crippen LogP contribution in [0.5, 0.6) is 0 Å². The summed E-state index contributed by atoms with van der Waals surface area (Å²) in [4.78, 5) is 12.1. The van der Waals surface area contributed by atoms with Crippen LogP contribution in [-0.2, 0) is 11.3 Å². The molecule has 4 nitrogen and oxygen atoms in total. The van der Waals surface area contributed by atoms with E-state index in [9.17, 15) is 18.7 Å². The normalized spacial score (nSPS) is 21.8. The van der Waals surface area contributed by atoms with E-state index in [1.807, 2.05) is 30.3 Å². The van der Waals surface area contributed by atoms with E-state index in [-0.39, 0.29) is 31.1 Å². The highest BCUT2D eigenvalue weighted by Gasteiger charge is 2.38. The number of hydrogen-bond acceptors (Lipinski definition) is 3. The van der Waals surface area contributed by atoms with E-state index in [0.29, 0.717) is 25.9 Å². The molecule has 146 valence electrons. The van der Waals surface area contributed by atoms with Crippen LogP contribution in [0.25, 0.3) is 0 Å². The molecule has 3 atom stereocenters. The molecule has 1 aliphatic rings. The Bertz CT molecular complexity index is 554. The van der Waals surface area contributed by atoms with Crippen LogP contribution < -0.4 is 10.6 Å². The fourth-order valence-corrected chi connectivity index (χ4v) is 3.78. The van der Waals surface area contributed by atoms with Crippen molar-refractivity contribution in [2.75, 3.05) is 13.6 Å². The van der Waals surface area contributed by atoms with Crippen molar-refractivity contribution >= 4 is 5.91 Å². The summed E-state index contributed by atoms with van der Waals surface area (Å²) in [7, 11) is 1.55. The van der Waals surface area contributed by atoms with E-state index >= 15 is 0 Å². The lowest BCUT2D eigenvalue weighted by atomic mass is 9.79. The summed E-state index contributed by atoms with van der Waals surface area (Å²) in [5.74, 6) is -3.40. The van der Waals surface area contributed by atoms with Gasteiger partial charge >= 0.3 is 0 Å². The summed E-state index contributed by atoms with van der Waals surface area (Å²) < 4.78 is 27.2. The van der Waals surface area contributed by atoms with Gasteiger partial charge in [-0.1, -0.05) is 30.3 Å². The number of rotatable bonds is 9. The molecule has 1 aromatic rings. The van der Waals surface area contributed by atoms with Gasteiger partial charge in [0, 0.05) is 38.9 Å². The average molecular weight is 368 g/mol. The Balaban J connectivity index is 1.81. The summed E-state index contributed by atoms with van der Waals surface area (Å²) in [6.07, 6.45) is 1.02. The molecule has 3 N–H and O–H groups in total. The monoisotopic (exact) mass is 368 g/mol. The van der Waals surface area contributed by atoms with Crippen molar-refractivity contribution in [2.24, 2.45) is 11.8 Å². The minimum absolute atomic E-state index is 0.0554. The molecule has 6 heteroatoms. The molecule has 26 heavy (non-hydrogen) atoms. The molecular weight excluding hydrogens is 338 g/mol. The first kappa shape index (κ1) is 20.8. The summed E-state index contributed by atoms with van der Waals surface area (Å²) in [6.45, 7) is 1.00. The van der Waals surface area contributed by atoms with Crippen LogP contribution in [0.3, 0.4) is 0 Å². The van der Waals surface area contributed by atoms with E-state index in [4.69, 9.17) is 0 Å². The highest BCUT2D eigenvalue weighted by atomic mass is 19.3. The van der Waals surface area contributed by atoms with Gasteiger partial charge in [-0.2, -0.15) is 0 Å². The van der Waals surface area contributed by atoms with Gasteiger partial charge in [-0.15, -0.1) is 0 Å². The van der Waals surface area contributed by atoms with Gasteiger partial charge < -0.3 is 15.7 Å². The molecule has 0 aromatic heterocycles. The second kappa shape index (κ2) is 9.97. The maximum absolute atomic E-state index is 13.6. The Morgan fingerprint density at radius 1 is 1.35 bits per heavy atom. The summed E-state index contributed by atoms with van der Waals surface area (Å²) >= 11 is 0. The van der Waals surface area contributed by atoms with Gasteiger partial charge in [-0.05, 0) is 37.2 Å². The van der Waals surface area contributed by atoms with Crippen LogP contribution in [-0.4, -0.2) is 36.6 Å². The van der Waals surface area contributed by atoms with Crippen molar-refractivity contribution in [3.8, 4) is 0 Å². The molecule has 0 bridgehead atoms. The molecule has 2 rings (SSSR count). The number of carbonyl (C=O) groups is 1. The molecular formula is C20H30F2N2O2. The quantitative estimate of drug-likeness (QED) is 0.628. The Morgan fingerprint density at radius 2 is 2.08 bits per heavy atom. The molecule has 0 unspecified atom stereocenters. The highest BCUT2D eigenvalue weighted by Crippen LogP contribution is 2.39. The van der Waals surface area contributed by atoms with Crippen molar-refractivity contribution < 1.29 is 18.7 Å². The lowest BCUT2D eigenvalue weighted by Crippen LogP contribution is -2.36. The van der Waals surface area contributed by atoms with Crippen molar-refractivity contribution in [3.63, 3.8) is 0 Å². The SMILES string of the molecule is CNC(=O)[C@@H](C[C@H](O)CNCc1ccccc1)C[C@@H]1CCCC(F)(F)C1. The van der Waals surface area contributed by atoms with Crippen LogP contribution in [0.4, 0.5) is 8.78 Å². The third-order valence-electron chi connectivity index (χ3n) is 5.09. The van der Waals surface area contributed by atoms with E-state index in [1.165, 1.54) is 0 Å². The van der Waals surface area contributed by atoms with Gasteiger partial charge in [0.2, 0.25) is 11.8 Å². The molecule has 1 saturated carbocycles. The standard InChI is InChI=1S/C20H30F2N2O2/c1-23-19(26)17(10-16-8-5-9-20(21,22)12-16)11-18(25)14-24-13-15-6-3-2-4-7-15/h2-4,6-7,16-18,24-25H,5,8-14H2,1H3,(H,23,26)/t16-,17+,18-/m0/s1. The van der Waals surface area contributed by atoms with E-state index < -0.39 is 17.9 Å². The number of carbonyl (C=O) groups excluding carboxylic acids is 1. The third-order valence-corrected chi connectivity index (χ3v) is 5.09. The first-order chi connectivity index (χ1) is 12.4. The van der Waals surface area contributed by atoms with Crippen LogP contribution in [0.1, 0.15) is 44.1 Å². The largest absolute Gasteiger partial charge is 0.392 e. The molecule has 0 radical (unpaired) electrons. The van der Waals surface area contributed by atoms with Gasteiger partial charge in [0.05, 0.1) is 6.10 Å². The van der Waals surface area contributed by atoms with Crippen LogP contribution in [0.2, 0.25) is 0 Å². The number of benzene rings is 1. The zero-order valence-electron chi connectivity index (χ0n) is 15.4.